The van der Waals surface area contributed by atoms with E-state index in [2.05, 4.69) is 0 Å². The number of nitrogen functional groups attached to an aromatic ring is 1. The first-order valence-electron chi connectivity index (χ1n) is 5.70. The summed E-state index contributed by atoms with van der Waals surface area (Å²) in [5, 5.41) is 0. The van der Waals surface area contributed by atoms with Gasteiger partial charge in [-0.25, -0.2) is 0 Å². The molecular weight excluding hydrogens is 232 g/mol. The van der Waals surface area contributed by atoms with E-state index in [9.17, 15) is 4.79 Å². The van der Waals surface area contributed by atoms with Crippen molar-refractivity contribution < 1.29 is 14.3 Å². The Hall–Kier alpha value is -1.75. The number of nitrogens with two attached hydrogens (primary N) is 1. The number of ether oxygens (including phenoxy) is 2. The fourth-order valence-corrected chi connectivity index (χ4v) is 1.62. The standard InChI is InChI=1S/C13H20N2O3/c1-9(8-17-3)15(2)13(16)10-5-11(14)7-12(6-10)18-4/h5-7,9H,8,14H2,1-4H3. The zero-order valence-electron chi connectivity index (χ0n) is 11.3. The predicted octanol–water partition coefficient (Wildman–Crippen LogP) is 1.38. The third-order valence-electron chi connectivity index (χ3n) is 2.80. The quantitative estimate of drug-likeness (QED) is 0.804. The van der Waals surface area contributed by atoms with E-state index in [0.717, 1.165) is 0 Å². The van der Waals surface area contributed by atoms with Gasteiger partial charge >= 0.3 is 0 Å². The van der Waals surface area contributed by atoms with Gasteiger partial charge in [0.1, 0.15) is 5.75 Å². The first-order valence-corrected chi connectivity index (χ1v) is 5.70. The van der Waals surface area contributed by atoms with Gasteiger partial charge in [0.25, 0.3) is 5.91 Å². The molecule has 5 heteroatoms. The molecule has 0 saturated heterocycles. The average Bonchev–Trinajstić information content (AvgIpc) is 2.36. The molecule has 1 unspecified atom stereocenters. The lowest BCUT2D eigenvalue weighted by molar-refractivity contribution is 0.0633. The minimum atomic E-state index is -0.106. The van der Waals surface area contributed by atoms with Gasteiger partial charge in [-0.15, -0.1) is 0 Å². The fourth-order valence-electron chi connectivity index (χ4n) is 1.62. The molecule has 0 saturated carbocycles. The molecule has 1 aromatic rings. The number of rotatable bonds is 5. The maximum absolute atomic E-state index is 12.2. The third kappa shape index (κ3) is 3.37. The smallest absolute Gasteiger partial charge is 0.254 e. The van der Waals surface area contributed by atoms with Crippen LogP contribution in [0.25, 0.3) is 0 Å². The molecule has 1 amide bonds. The fraction of sp³-hybridized carbons (Fsp3) is 0.462. The summed E-state index contributed by atoms with van der Waals surface area (Å²) >= 11 is 0. The van der Waals surface area contributed by atoms with E-state index in [1.165, 1.54) is 0 Å². The number of amides is 1. The number of nitrogens with zero attached hydrogens (tertiary/aromatic N) is 1. The van der Waals surface area contributed by atoms with Gasteiger partial charge in [-0.2, -0.15) is 0 Å². The summed E-state index contributed by atoms with van der Waals surface area (Å²) in [4.78, 5) is 13.9. The van der Waals surface area contributed by atoms with E-state index < -0.39 is 0 Å². The Bertz CT molecular complexity index is 421. The van der Waals surface area contributed by atoms with Gasteiger partial charge < -0.3 is 20.1 Å². The van der Waals surface area contributed by atoms with Crippen molar-refractivity contribution in [1.82, 2.24) is 4.90 Å². The molecule has 0 spiro atoms. The molecule has 0 radical (unpaired) electrons. The first-order chi connectivity index (χ1) is 8.49. The van der Waals surface area contributed by atoms with Gasteiger partial charge in [0, 0.05) is 31.5 Å². The molecule has 0 aliphatic rings. The van der Waals surface area contributed by atoms with Crippen molar-refractivity contribution in [1.29, 1.82) is 0 Å². The Morgan fingerprint density at radius 1 is 1.39 bits per heavy atom. The molecule has 5 nitrogen and oxygen atoms in total. The number of hydrogen-bond acceptors (Lipinski definition) is 4. The number of carbonyl (C=O) groups is 1. The van der Waals surface area contributed by atoms with Crippen LogP contribution in [-0.2, 0) is 4.74 Å². The molecule has 1 atom stereocenters. The summed E-state index contributed by atoms with van der Waals surface area (Å²) in [6.07, 6.45) is 0. The van der Waals surface area contributed by atoms with Crippen LogP contribution in [0, 0.1) is 0 Å². The highest BCUT2D eigenvalue weighted by Gasteiger charge is 2.18. The van der Waals surface area contributed by atoms with Crippen molar-refractivity contribution >= 4 is 11.6 Å². The molecule has 18 heavy (non-hydrogen) atoms. The van der Waals surface area contributed by atoms with E-state index in [0.29, 0.717) is 23.6 Å². The lowest BCUT2D eigenvalue weighted by Gasteiger charge is -2.24. The Labute approximate surface area is 107 Å². The van der Waals surface area contributed by atoms with Crippen LogP contribution in [0.5, 0.6) is 5.75 Å². The summed E-state index contributed by atoms with van der Waals surface area (Å²) in [6.45, 7) is 2.41. The van der Waals surface area contributed by atoms with Crippen molar-refractivity contribution in [2.24, 2.45) is 0 Å². The highest BCUT2D eigenvalue weighted by Crippen LogP contribution is 2.20. The van der Waals surface area contributed by atoms with E-state index in [1.54, 1.807) is 44.4 Å². The monoisotopic (exact) mass is 252 g/mol. The second-order valence-electron chi connectivity index (χ2n) is 4.22. The van der Waals surface area contributed by atoms with E-state index in [1.807, 2.05) is 6.92 Å². The zero-order valence-corrected chi connectivity index (χ0v) is 11.3. The average molecular weight is 252 g/mol. The summed E-state index contributed by atoms with van der Waals surface area (Å²) in [5.41, 5.74) is 6.75. The molecule has 2 N–H and O–H groups in total. The summed E-state index contributed by atoms with van der Waals surface area (Å²) in [7, 11) is 4.89. The Kier molecular flexibility index (Phi) is 4.97. The molecule has 0 bridgehead atoms. The van der Waals surface area contributed by atoms with Crippen molar-refractivity contribution in [3.05, 3.63) is 23.8 Å². The summed E-state index contributed by atoms with van der Waals surface area (Å²) in [6, 6.07) is 4.99. The van der Waals surface area contributed by atoms with E-state index in [-0.39, 0.29) is 11.9 Å². The second-order valence-corrected chi connectivity index (χ2v) is 4.22. The van der Waals surface area contributed by atoms with Gasteiger partial charge in [0.15, 0.2) is 0 Å². The Balaban J connectivity index is 2.92. The molecule has 1 rings (SSSR count). The molecule has 100 valence electrons. The summed E-state index contributed by atoms with van der Waals surface area (Å²) in [5.74, 6) is 0.469. The Morgan fingerprint density at radius 2 is 2.06 bits per heavy atom. The van der Waals surface area contributed by atoms with Crippen LogP contribution in [0.4, 0.5) is 5.69 Å². The number of hydrogen-bond donors (Lipinski definition) is 1. The van der Waals surface area contributed by atoms with E-state index >= 15 is 0 Å². The maximum Gasteiger partial charge on any atom is 0.254 e. The van der Waals surface area contributed by atoms with Crippen LogP contribution in [0.1, 0.15) is 17.3 Å². The molecule has 0 aromatic heterocycles. The van der Waals surface area contributed by atoms with Crippen LogP contribution in [-0.4, -0.2) is 44.7 Å². The van der Waals surface area contributed by atoms with Gasteiger partial charge in [0.05, 0.1) is 19.8 Å². The van der Waals surface area contributed by atoms with Crippen molar-refractivity contribution in [2.45, 2.75) is 13.0 Å². The van der Waals surface area contributed by atoms with Gasteiger partial charge in [-0.3, -0.25) is 4.79 Å². The van der Waals surface area contributed by atoms with Crippen LogP contribution in [0.2, 0.25) is 0 Å². The lowest BCUT2D eigenvalue weighted by atomic mass is 10.1. The lowest BCUT2D eigenvalue weighted by Crippen LogP contribution is -2.37. The largest absolute Gasteiger partial charge is 0.497 e. The van der Waals surface area contributed by atoms with Gasteiger partial charge in [-0.1, -0.05) is 0 Å². The second kappa shape index (κ2) is 6.26. The topological polar surface area (TPSA) is 64.8 Å². The normalized spacial score (nSPS) is 12.0. The Morgan fingerprint density at radius 3 is 2.61 bits per heavy atom. The van der Waals surface area contributed by atoms with Crippen LogP contribution >= 0.6 is 0 Å². The number of benzene rings is 1. The van der Waals surface area contributed by atoms with E-state index in [4.69, 9.17) is 15.2 Å². The highest BCUT2D eigenvalue weighted by molar-refractivity contribution is 5.95. The van der Waals surface area contributed by atoms with Gasteiger partial charge in [0.2, 0.25) is 0 Å². The minimum Gasteiger partial charge on any atom is -0.497 e. The number of carbonyl (C=O) groups excluding carboxylic acids is 1. The van der Waals surface area contributed by atoms with Crippen molar-refractivity contribution in [2.75, 3.05) is 33.6 Å². The van der Waals surface area contributed by atoms with Crippen LogP contribution in [0.3, 0.4) is 0 Å². The molecule has 1 aromatic carbocycles. The van der Waals surface area contributed by atoms with Crippen molar-refractivity contribution in [3.8, 4) is 5.75 Å². The SMILES string of the molecule is COCC(C)N(C)C(=O)c1cc(N)cc(OC)c1. The molecule has 0 aliphatic heterocycles. The first kappa shape index (κ1) is 14.3. The van der Waals surface area contributed by atoms with Gasteiger partial charge in [-0.05, 0) is 19.1 Å². The number of likely N-dealkylation sites (N-methyl/N-ethyl adjacent to an activating group) is 1. The number of anilines is 1. The van der Waals surface area contributed by atoms with Crippen molar-refractivity contribution in [3.63, 3.8) is 0 Å². The molecular formula is C13H20N2O3. The van der Waals surface area contributed by atoms with Crippen LogP contribution < -0.4 is 10.5 Å². The minimum absolute atomic E-state index is 0.00470. The van der Waals surface area contributed by atoms with Crippen LogP contribution in [0.15, 0.2) is 18.2 Å². The molecule has 0 heterocycles. The third-order valence-corrected chi connectivity index (χ3v) is 2.80. The molecule has 0 fully saturated rings. The predicted molar refractivity (Wildman–Crippen MR) is 70.8 cm³/mol. The summed E-state index contributed by atoms with van der Waals surface area (Å²) < 4.78 is 10.1. The number of methoxy groups -OCH3 is 2. The highest BCUT2D eigenvalue weighted by atomic mass is 16.5. The maximum atomic E-state index is 12.2. The molecule has 0 aliphatic carbocycles. The zero-order chi connectivity index (χ0) is 13.7.